The topological polar surface area (TPSA) is 112 Å². The number of amides is 1. The van der Waals surface area contributed by atoms with Crippen LogP contribution in [0.15, 0.2) is 59.4 Å². The van der Waals surface area contributed by atoms with Crippen LogP contribution in [0.1, 0.15) is 29.2 Å². The van der Waals surface area contributed by atoms with Gasteiger partial charge in [-0.2, -0.15) is 4.98 Å². The largest absolute Gasteiger partial charge is 0.341 e. The highest BCUT2D eigenvalue weighted by Crippen LogP contribution is 2.19. The van der Waals surface area contributed by atoms with Crippen molar-refractivity contribution in [3.63, 3.8) is 0 Å². The molecule has 4 aromatic rings. The fourth-order valence-electron chi connectivity index (χ4n) is 2.54. The first-order valence-corrected chi connectivity index (χ1v) is 8.34. The molecule has 2 aromatic carbocycles. The first-order valence-electron chi connectivity index (χ1n) is 8.34. The Hall–Kier alpha value is -3.95. The lowest BCUT2D eigenvalue weighted by Gasteiger charge is -2.10. The Labute approximate surface area is 158 Å². The third-order valence-corrected chi connectivity index (χ3v) is 3.98. The van der Waals surface area contributed by atoms with E-state index >= 15 is 0 Å². The number of rotatable bonds is 5. The minimum absolute atomic E-state index is 0.240. The van der Waals surface area contributed by atoms with Crippen molar-refractivity contribution in [3.8, 4) is 17.1 Å². The third kappa shape index (κ3) is 3.61. The van der Waals surface area contributed by atoms with E-state index in [1.54, 1.807) is 43.3 Å². The molecular formula is C18H14FN7O2. The highest BCUT2D eigenvalue weighted by molar-refractivity contribution is 5.94. The molecule has 0 aliphatic heterocycles. The lowest BCUT2D eigenvalue weighted by molar-refractivity contribution is 0.0932. The number of halogens is 1. The van der Waals surface area contributed by atoms with E-state index in [4.69, 9.17) is 4.52 Å². The summed E-state index contributed by atoms with van der Waals surface area (Å²) < 4.78 is 19.7. The van der Waals surface area contributed by atoms with Gasteiger partial charge in [0.1, 0.15) is 18.2 Å². The van der Waals surface area contributed by atoms with E-state index in [2.05, 4.69) is 31.0 Å². The summed E-state index contributed by atoms with van der Waals surface area (Å²) in [5, 5.41) is 17.6. The molecule has 0 saturated heterocycles. The van der Waals surface area contributed by atoms with Gasteiger partial charge in [-0.15, -0.1) is 5.10 Å². The summed E-state index contributed by atoms with van der Waals surface area (Å²) in [5.74, 6) is -0.109. The number of nitrogens with one attached hydrogen (secondary N) is 1. The molecule has 1 amide bonds. The van der Waals surface area contributed by atoms with Gasteiger partial charge < -0.3 is 9.84 Å². The summed E-state index contributed by atoms with van der Waals surface area (Å²) in [6.45, 7) is 1.73. The van der Waals surface area contributed by atoms with Gasteiger partial charge in [-0.1, -0.05) is 11.2 Å². The van der Waals surface area contributed by atoms with Crippen LogP contribution in [0.3, 0.4) is 0 Å². The molecule has 2 heterocycles. The molecule has 0 aliphatic rings. The smallest absolute Gasteiger partial charge is 0.251 e. The average molecular weight is 379 g/mol. The zero-order valence-electron chi connectivity index (χ0n) is 14.7. The Morgan fingerprint density at radius 2 is 2.04 bits per heavy atom. The van der Waals surface area contributed by atoms with Crippen molar-refractivity contribution in [2.24, 2.45) is 0 Å². The number of benzene rings is 2. The van der Waals surface area contributed by atoms with Gasteiger partial charge in [0.2, 0.25) is 11.7 Å². The van der Waals surface area contributed by atoms with Crippen LogP contribution in [0.25, 0.3) is 17.1 Å². The number of tetrazole rings is 1. The standard InChI is InChI=1S/C18H14FN7O2/c1-11(18-22-16(23-28-18)12-5-7-14(19)8-6-12)21-17(27)13-3-2-4-15(9-13)26-10-20-24-25-26/h2-11H,1H3,(H,21,27)/t11-/m1/s1. The van der Waals surface area contributed by atoms with Gasteiger partial charge in [0.25, 0.3) is 5.91 Å². The summed E-state index contributed by atoms with van der Waals surface area (Å²) in [7, 11) is 0. The van der Waals surface area contributed by atoms with Gasteiger partial charge in [0.15, 0.2) is 0 Å². The first kappa shape index (κ1) is 17.5. The second kappa shape index (κ2) is 7.35. The Balaban J connectivity index is 1.48. The zero-order chi connectivity index (χ0) is 19.5. The van der Waals surface area contributed by atoms with Crippen LogP contribution in [0.4, 0.5) is 4.39 Å². The minimum Gasteiger partial charge on any atom is -0.341 e. The molecule has 1 atom stereocenters. The predicted molar refractivity (Wildman–Crippen MR) is 94.7 cm³/mol. The van der Waals surface area contributed by atoms with Gasteiger partial charge in [0.05, 0.1) is 5.69 Å². The number of hydrogen-bond acceptors (Lipinski definition) is 7. The highest BCUT2D eigenvalue weighted by Gasteiger charge is 2.18. The van der Waals surface area contributed by atoms with E-state index in [0.717, 1.165) is 0 Å². The number of nitrogens with zero attached hydrogens (tertiary/aromatic N) is 6. The van der Waals surface area contributed by atoms with Gasteiger partial charge in [-0.3, -0.25) is 4.79 Å². The number of carbonyl (C=O) groups excluding carboxylic acids is 1. The molecular weight excluding hydrogens is 365 g/mol. The quantitative estimate of drug-likeness (QED) is 0.566. The zero-order valence-corrected chi connectivity index (χ0v) is 14.7. The maximum absolute atomic E-state index is 13.0. The van der Waals surface area contributed by atoms with E-state index in [1.165, 1.54) is 23.1 Å². The fraction of sp³-hybridized carbons (Fsp3) is 0.111. The SMILES string of the molecule is C[C@@H](NC(=O)c1cccc(-n2cnnn2)c1)c1nc(-c2ccc(F)cc2)no1. The molecule has 0 spiro atoms. The Morgan fingerprint density at radius 1 is 1.21 bits per heavy atom. The molecule has 1 N–H and O–H groups in total. The molecule has 2 aromatic heterocycles. The molecule has 28 heavy (non-hydrogen) atoms. The predicted octanol–water partition coefficient (Wildman–Crippen LogP) is 2.34. The molecule has 0 unspecified atom stereocenters. The summed E-state index contributed by atoms with van der Waals surface area (Å²) in [5.41, 5.74) is 1.70. The van der Waals surface area contributed by atoms with Crippen molar-refractivity contribution < 1.29 is 13.7 Å². The summed E-state index contributed by atoms with van der Waals surface area (Å²) in [6.07, 6.45) is 1.44. The summed E-state index contributed by atoms with van der Waals surface area (Å²) in [4.78, 5) is 16.8. The number of hydrogen-bond donors (Lipinski definition) is 1. The van der Waals surface area contributed by atoms with E-state index in [0.29, 0.717) is 22.6 Å². The van der Waals surface area contributed by atoms with E-state index < -0.39 is 6.04 Å². The van der Waals surface area contributed by atoms with Crippen LogP contribution in [0.2, 0.25) is 0 Å². The normalized spacial score (nSPS) is 11.9. The lowest BCUT2D eigenvalue weighted by atomic mass is 10.1. The first-order chi connectivity index (χ1) is 13.6. The lowest BCUT2D eigenvalue weighted by Crippen LogP contribution is -2.27. The monoisotopic (exact) mass is 379 g/mol. The van der Waals surface area contributed by atoms with Crippen molar-refractivity contribution in [1.29, 1.82) is 0 Å². The molecule has 10 heteroatoms. The maximum Gasteiger partial charge on any atom is 0.251 e. The number of carbonyl (C=O) groups is 1. The summed E-state index contributed by atoms with van der Waals surface area (Å²) >= 11 is 0. The van der Waals surface area contributed by atoms with Crippen LogP contribution >= 0.6 is 0 Å². The van der Waals surface area contributed by atoms with Crippen LogP contribution in [0, 0.1) is 5.82 Å². The van der Waals surface area contributed by atoms with Crippen LogP contribution < -0.4 is 5.32 Å². The molecule has 0 radical (unpaired) electrons. The molecule has 4 rings (SSSR count). The van der Waals surface area contributed by atoms with E-state index in [-0.39, 0.29) is 17.6 Å². The number of aromatic nitrogens is 6. The maximum atomic E-state index is 13.0. The second-order valence-electron chi connectivity index (χ2n) is 5.96. The van der Waals surface area contributed by atoms with Gasteiger partial charge in [0, 0.05) is 11.1 Å². The van der Waals surface area contributed by atoms with Crippen LogP contribution in [-0.4, -0.2) is 36.3 Å². The Kier molecular flexibility index (Phi) is 4.58. The molecule has 140 valence electrons. The Morgan fingerprint density at radius 3 is 2.79 bits per heavy atom. The minimum atomic E-state index is -0.522. The third-order valence-electron chi connectivity index (χ3n) is 3.98. The molecule has 0 bridgehead atoms. The average Bonchev–Trinajstić information content (AvgIpc) is 3.41. The van der Waals surface area contributed by atoms with Crippen molar-refractivity contribution in [3.05, 3.63) is 72.1 Å². The van der Waals surface area contributed by atoms with Crippen molar-refractivity contribution in [2.75, 3.05) is 0 Å². The van der Waals surface area contributed by atoms with Crippen molar-refractivity contribution in [2.45, 2.75) is 13.0 Å². The van der Waals surface area contributed by atoms with Gasteiger partial charge in [-0.25, -0.2) is 9.07 Å². The Bertz CT molecular complexity index is 1090. The van der Waals surface area contributed by atoms with E-state index in [9.17, 15) is 9.18 Å². The highest BCUT2D eigenvalue weighted by atomic mass is 19.1. The molecule has 0 fully saturated rings. The van der Waals surface area contributed by atoms with Crippen LogP contribution in [-0.2, 0) is 0 Å². The van der Waals surface area contributed by atoms with E-state index in [1.807, 2.05) is 0 Å². The molecule has 0 aliphatic carbocycles. The van der Waals surface area contributed by atoms with Gasteiger partial charge in [-0.05, 0) is 59.8 Å². The second-order valence-corrected chi connectivity index (χ2v) is 5.96. The van der Waals surface area contributed by atoms with Gasteiger partial charge >= 0.3 is 0 Å². The molecule has 9 nitrogen and oxygen atoms in total. The van der Waals surface area contributed by atoms with Crippen molar-refractivity contribution in [1.82, 2.24) is 35.7 Å². The van der Waals surface area contributed by atoms with Crippen molar-refractivity contribution >= 4 is 5.91 Å². The summed E-state index contributed by atoms with van der Waals surface area (Å²) in [6, 6.07) is 12.1. The fourth-order valence-corrected chi connectivity index (χ4v) is 2.54. The van der Waals surface area contributed by atoms with Crippen LogP contribution in [0.5, 0.6) is 0 Å². The molecule has 0 saturated carbocycles.